The van der Waals surface area contributed by atoms with Gasteiger partial charge in [-0.2, -0.15) is 4.98 Å². The second kappa shape index (κ2) is 5.68. The molecule has 21 heavy (non-hydrogen) atoms. The van der Waals surface area contributed by atoms with Gasteiger partial charge in [-0.25, -0.2) is 0 Å². The lowest BCUT2D eigenvalue weighted by molar-refractivity contribution is 0.125. The van der Waals surface area contributed by atoms with Crippen molar-refractivity contribution < 1.29 is 9.15 Å². The molecule has 114 valence electrons. The molecule has 2 aromatic rings. The van der Waals surface area contributed by atoms with E-state index < -0.39 is 0 Å². The van der Waals surface area contributed by atoms with E-state index in [1.807, 2.05) is 52.8 Å². The van der Waals surface area contributed by atoms with E-state index in [-0.39, 0.29) is 11.6 Å². The number of nitrogen functional groups attached to an aromatic ring is 1. The van der Waals surface area contributed by atoms with Gasteiger partial charge >= 0.3 is 0 Å². The molecule has 0 fully saturated rings. The number of aromatic nitrogens is 1. The minimum atomic E-state index is -0.344. The Kier molecular flexibility index (Phi) is 4.11. The van der Waals surface area contributed by atoms with Gasteiger partial charge in [-0.3, -0.25) is 0 Å². The van der Waals surface area contributed by atoms with E-state index in [1.54, 1.807) is 6.07 Å². The van der Waals surface area contributed by atoms with Crippen LogP contribution in [0.2, 0.25) is 0 Å². The third-order valence-electron chi connectivity index (χ3n) is 2.84. The van der Waals surface area contributed by atoms with Gasteiger partial charge in [0.1, 0.15) is 22.9 Å². The smallest absolute Gasteiger partial charge is 0.239 e. The van der Waals surface area contributed by atoms with Crippen molar-refractivity contribution in [1.82, 2.24) is 4.98 Å². The lowest BCUT2D eigenvalue weighted by Gasteiger charge is -2.22. The topological polar surface area (TPSA) is 73.3 Å². The van der Waals surface area contributed by atoms with E-state index in [0.29, 0.717) is 17.4 Å². The van der Waals surface area contributed by atoms with Crippen molar-refractivity contribution >= 4 is 11.5 Å². The van der Waals surface area contributed by atoms with Gasteiger partial charge in [0.05, 0.1) is 11.7 Å². The predicted octanol–water partition coefficient (Wildman–Crippen LogP) is 3.92. The summed E-state index contributed by atoms with van der Waals surface area (Å²) in [7, 11) is 0. The molecule has 0 aromatic carbocycles. The maximum absolute atomic E-state index is 5.91. The number of hydrogen-bond acceptors (Lipinski definition) is 5. The van der Waals surface area contributed by atoms with Gasteiger partial charge in [0.15, 0.2) is 0 Å². The molecule has 2 aromatic heterocycles. The zero-order chi connectivity index (χ0) is 15.6. The van der Waals surface area contributed by atoms with Gasteiger partial charge in [-0.15, -0.1) is 0 Å². The first kappa shape index (κ1) is 15.2. The number of hydrogen-bond donors (Lipinski definition) is 2. The Hall–Kier alpha value is -2.17. The van der Waals surface area contributed by atoms with Gasteiger partial charge in [0.25, 0.3) is 0 Å². The molecule has 0 aliphatic rings. The van der Waals surface area contributed by atoms with E-state index in [2.05, 4.69) is 10.3 Å². The molecule has 1 atom stereocenters. The van der Waals surface area contributed by atoms with E-state index in [4.69, 9.17) is 14.9 Å². The second-order valence-corrected chi connectivity index (χ2v) is 6.12. The van der Waals surface area contributed by atoms with Crippen LogP contribution in [0.15, 0.2) is 28.7 Å². The summed E-state index contributed by atoms with van der Waals surface area (Å²) in [5.41, 5.74) is 6.09. The minimum absolute atomic E-state index is 0.0114. The summed E-state index contributed by atoms with van der Waals surface area (Å²) >= 11 is 0. The van der Waals surface area contributed by atoms with Crippen LogP contribution >= 0.6 is 0 Å². The van der Waals surface area contributed by atoms with Crippen LogP contribution in [0, 0.1) is 6.92 Å². The van der Waals surface area contributed by atoms with Gasteiger partial charge in [-0.05, 0) is 58.9 Å². The Bertz CT molecular complexity index is 614. The highest BCUT2D eigenvalue weighted by atomic mass is 16.5. The average molecular weight is 289 g/mol. The summed E-state index contributed by atoms with van der Waals surface area (Å²) in [5, 5.41) is 3.28. The molecule has 5 nitrogen and oxygen atoms in total. The van der Waals surface area contributed by atoms with Crippen molar-refractivity contribution in [2.24, 2.45) is 0 Å². The fraction of sp³-hybridized carbons (Fsp3) is 0.438. The largest absolute Gasteiger partial charge is 0.470 e. The van der Waals surface area contributed by atoms with E-state index >= 15 is 0 Å². The summed E-state index contributed by atoms with van der Waals surface area (Å²) < 4.78 is 11.4. The number of nitrogens with two attached hydrogens (primary N) is 1. The Balaban J connectivity index is 2.15. The molecular formula is C16H23N3O2. The number of ether oxygens (including phenoxy) is 1. The third kappa shape index (κ3) is 4.15. The molecule has 5 heteroatoms. The first-order valence-electron chi connectivity index (χ1n) is 7.03. The summed E-state index contributed by atoms with van der Waals surface area (Å²) in [6, 6.07) is 7.53. The second-order valence-electron chi connectivity index (χ2n) is 6.12. The van der Waals surface area contributed by atoms with Crippen molar-refractivity contribution in [2.75, 3.05) is 11.1 Å². The van der Waals surface area contributed by atoms with Crippen molar-refractivity contribution in [1.29, 1.82) is 0 Å². The van der Waals surface area contributed by atoms with E-state index in [9.17, 15) is 0 Å². The molecule has 0 aliphatic heterocycles. The van der Waals surface area contributed by atoms with Crippen LogP contribution in [0.1, 0.15) is 45.3 Å². The van der Waals surface area contributed by atoms with Crippen molar-refractivity contribution in [3.63, 3.8) is 0 Å². The van der Waals surface area contributed by atoms with Crippen LogP contribution in [0.3, 0.4) is 0 Å². The average Bonchev–Trinajstić information content (AvgIpc) is 2.78. The maximum atomic E-state index is 5.91. The molecule has 1 unspecified atom stereocenters. The highest BCUT2D eigenvalue weighted by Gasteiger charge is 2.16. The Morgan fingerprint density at radius 1 is 1.24 bits per heavy atom. The summed E-state index contributed by atoms with van der Waals surface area (Å²) in [4.78, 5) is 4.43. The lowest BCUT2D eigenvalue weighted by Crippen LogP contribution is -2.24. The number of nitrogens with zero attached hydrogens (tertiary/aromatic N) is 1. The molecule has 0 aliphatic carbocycles. The van der Waals surface area contributed by atoms with Crippen molar-refractivity contribution in [3.8, 4) is 5.88 Å². The standard InChI is InChI=1S/C16H23N3O2/c1-10-6-8-13(20-10)11(2)18-14-9-7-12(17)15(19-14)21-16(3,4)5/h6-9,11H,17H2,1-5H3,(H,18,19). The first-order valence-corrected chi connectivity index (χ1v) is 7.03. The Labute approximate surface area is 125 Å². The summed E-state index contributed by atoms with van der Waals surface area (Å²) in [6.45, 7) is 9.82. The summed E-state index contributed by atoms with van der Waals surface area (Å²) in [5.74, 6) is 2.89. The predicted molar refractivity (Wildman–Crippen MR) is 84.5 cm³/mol. The molecular weight excluding hydrogens is 266 g/mol. The molecule has 2 heterocycles. The van der Waals surface area contributed by atoms with Crippen LogP contribution in [0.25, 0.3) is 0 Å². The quantitative estimate of drug-likeness (QED) is 0.892. The first-order chi connectivity index (χ1) is 9.74. The van der Waals surface area contributed by atoms with Crippen LogP contribution < -0.4 is 15.8 Å². The fourth-order valence-electron chi connectivity index (χ4n) is 1.88. The van der Waals surface area contributed by atoms with Gasteiger partial charge in [0, 0.05) is 0 Å². The molecule has 0 bridgehead atoms. The van der Waals surface area contributed by atoms with Crippen molar-refractivity contribution in [3.05, 3.63) is 35.8 Å². The molecule has 0 spiro atoms. The van der Waals surface area contributed by atoms with E-state index in [0.717, 1.165) is 11.5 Å². The SMILES string of the molecule is Cc1ccc(C(C)Nc2ccc(N)c(OC(C)(C)C)n2)o1. The molecule has 3 N–H and O–H groups in total. The molecule has 0 radical (unpaired) electrons. The number of pyridine rings is 1. The highest BCUT2D eigenvalue weighted by molar-refractivity contribution is 5.54. The molecule has 0 saturated carbocycles. The normalized spacial score (nSPS) is 13.0. The van der Waals surface area contributed by atoms with Gasteiger partial charge < -0.3 is 20.2 Å². The van der Waals surface area contributed by atoms with Gasteiger partial charge in [0.2, 0.25) is 5.88 Å². The zero-order valence-electron chi connectivity index (χ0n) is 13.2. The van der Waals surface area contributed by atoms with Crippen LogP contribution in [0.4, 0.5) is 11.5 Å². The molecule has 2 rings (SSSR count). The number of anilines is 2. The fourth-order valence-corrected chi connectivity index (χ4v) is 1.88. The molecule has 0 amide bonds. The zero-order valence-corrected chi connectivity index (χ0v) is 13.2. The third-order valence-corrected chi connectivity index (χ3v) is 2.84. The lowest BCUT2D eigenvalue weighted by atomic mass is 10.2. The maximum Gasteiger partial charge on any atom is 0.239 e. The number of nitrogens with one attached hydrogen (secondary N) is 1. The van der Waals surface area contributed by atoms with Crippen LogP contribution in [-0.2, 0) is 0 Å². The number of furan rings is 1. The highest BCUT2D eigenvalue weighted by Crippen LogP contribution is 2.27. The van der Waals surface area contributed by atoms with E-state index in [1.165, 1.54) is 0 Å². The minimum Gasteiger partial charge on any atom is -0.470 e. The van der Waals surface area contributed by atoms with Crippen LogP contribution in [0.5, 0.6) is 5.88 Å². The Morgan fingerprint density at radius 3 is 2.52 bits per heavy atom. The van der Waals surface area contributed by atoms with Gasteiger partial charge in [-0.1, -0.05) is 0 Å². The van der Waals surface area contributed by atoms with Crippen LogP contribution in [-0.4, -0.2) is 10.6 Å². The monoisotopic (exact) mass is 289 g/mol. The molecule has 0 saturated heterocycles. The summed E-state index contributed by atoms with van der Waals surface area (Å²) in [6.07, 6.45) is 0. The Morgan fingerprint density at radius 2 is 1.95 bits per heavy atom. The number of rotatable bonds is 4. The van der Waals surface area contributed by atoms with Crippen molar-refractivity contribution in [2.45, 2.75) is 46.3 Å². The number of aryl methyl sites for hydroxylation is 1.